The van der Waals surface area contributed by atoms with E-state index in [-0.39, 0.29) is 42.9 Å². The SMILES string of the molecule is COCCNCC(=O)NCCNC(=O)c1ccc(C)c(F)c1.Cl. The number of hydrogen-bond donors (Lipinski definition) is 3. The summed E-state index contributed by atoms with van der Waals surface area (Å²) in [7, 11) is 1.59. The lowest BCUT2D eigenvalue weighted by Crippen LogP contribution is -2.39. The molecule has 1 aromatic rings. The summed E-state index contributed by atoms with van der Waals surface area (Å²) in [6.45, 7) is 3.55. The largest absolute Gasteiger partial charge is 0.383 e. The van der Waals surface area contributed by atoms with Crippen molar-refractivity contribution < 1.29 is 18.7 Å². The van der Waals surface area contributed by atoms with Gasteiger partial charge in [0.05, 0.1) is 13.2 Å². The van der Waals surface area contributed by atoms with Crippen molar-refractivity contribution in [3.05, 3.63) is 35.1 Å². The fourth-order valence-corrected chi connectivity index (χ4v) is 1.65. The van der Waals surface area contributed by atoms with Gasteiger partial charge in [0.25, 0.3) is 5.91 Å². The van der Waals surface area contributed by atoms with Gasteiger partial charge in [-0.3, -0.25) is 9.59 Å². The Morgan fingerprint density at radius 2 is 1.87 bits per heavy atom. The van der Waals surface area contributed by atoms with Crippen molar-refractivity contribution in [2.75, 3.05) is 39.9 Å². The molecule has 23 heavy (non-hydrogen) atoms. The summed E-state index contributed by atoms with van der Waals surface area (Å²) in [5.41, 5.74) is 0.750. The smallest absolute Gasteiger partial charge is 0.251 e. The van der Waals surface area contributed by atoms with E-state index in [1.54, 1.807) is 26.2 Å². The van der Waals surface area contributed by atoms with Gasteiger partial charge in [0.2, 0.25) is 5.91 Å². The van der Waals surface area contributed by atoms with E-state index in [2.05, 4.69) is 16.0 Å². The molecule has 1 rings (SSSR count). The highest BCUT2D eigenvalue weighted by Crippen LogP contribution is 2.08. The van der Waals surface area contributed by atoms with Crippen molar-refractivity contribution >= 4 is 24.2 Å². The van der Waals surface area contributed by atoms with Gasteiger partial charge in [-0.25, -0.2) is 4.39 Å². The second-order valence-corrected chi connectivity index (χ2v) is 4.74. The Hall–Kier alpha value is -1.70. The zero-order valence-corrected chi connectivity index (χ0v) is 14.1. The Labute approximate surface area is 141 Å². The molecule has 0 aliphatic rings. The Morgan fingerprint density at radius 1 is 1.17 bits per heavy atom. The number of hydrogen-bond acceptors (Lipinski definition) is 4. The van der Waals surface area contributed by atoms with E-state index in [0.717, 1.165) is 0 Å². The summed E-state index contributed by atoms with van der Waals surface area (Å²) in [6.07, 6.45) is 0. The number of ether oxygens (including phenoxy) is 1. The summed E-state index contributed by atoms with van der Waals surface area (Å²) in [6, 6.07) is 4.31. The van der Waals surface area contributed by atoms with Crippen molar-refractivity contribution in [1.82, 2.24) is 16.0 Å². The van der Waals surface area contributed by atoms with Crippen molar-refractivity contribution in [3.63, 3.8) is 0 Å². The van der Waals surface area contributed by atoms with Crippen molar-refractivity contribution in [3.8, 4) is 0 Å². The third-order valence-corrected chi connectivity index (χ3v) is 2.94. The number of nitrogens with one attached hydrogen (secondary N) is 3. The summed E-state index contributed by atoms with van der Waals surface area (Å²) in [5.74, 6) is -0.943. The fourth-order valence-electron chi connectivity index (χ4n) is 1.65. The van der Waals surface area contributed by atoms with Gasteiger partial charge in [0, 0.05) is 32.3 Å². The molecule has 3 N–H and O–H groups in total. The number of aryl methyl sites for hydroxylation is 1. The maximum Gasteiger partial charge on any atom is 0.251 e. The molecule has 0 aliphatic carbocycles. The minimum atomic E-state index is -0.414. The van der Waals surface area contributed by atoms with Crippen LogP contribution in [0.25, 0.3) is 0 Å². The molecule has 0 unspecified atom stereocenters. The van der Waals surface area contributed by atoms with E-state index in [9.17, 15) is 14.0 Å². The molecule has 0 aliphatic heterocycles. The van der Waals surface area contributed by atoms with Gasteiger partial charge in [-0.05, 0) is 24.6 Å². The molecule has 0 bridgehead atoms. The molecular weight excluding hydrogens is 325 g/mol. The average Bonchev–Trinajstić information content (AvgIpc) is 2.50. The summed E-state index contributed by atoms with van der Waals surface area (Å²) >= 11 is 0. The van der Waals surface area contributed by atoms with Crippen LogP contribution in [-0.2, 0) is 9.53 Å². The maximum absolute atomic E-state index is 13.4. The predicted molar refractivity (Wildman–Crippen MR) is 88.5 cm³/mol. The first kappa shape index (κ1) is 21.3. The molecule has 0 saturated carbocycles. The molecule has 6 nitrogen and oxygen atoms in total. The first-order chi connectivity index (χ1) is 10.5. The van der Waals surface area contributed by atoms with Crippen LogP contribution in [0.2, 0.25) is 0 Å². The monoisotopic (exact) mass is 347 g/mol. The Balaban J connectivity index is 0.00000484. The van der Waals surface area contributed by atoms with Crippen molar-refractivity contribution in [2.45, 2.75) is 6.92 Å². The number of rotatable bonds is 9. The van der Waals surface area contributed by atoms with Crippen LogP contribution in [-0.4, -0.2) is 51.7 Å². The lowest BCUT2D eigenvalue weighted by Gasteiger charge is -2.08. The van der Waals surface area contributed by atoms with Gasteiger partial charge in [-0.15, -0.1) is 12.4 Å². The van der Waals surface area contributed by atoms with Gasteiger partial charge in [0.15, 0.2) is 0 Å². The molecule has 0 atom stereocenters. The minimum Gasteiger partial charge on any atom is -0.383 e. The second kappa shape index (κ2) is 11.8. The van der Waals surface area contributed by atoms with Gasteiger partial charge >= 0.3 is 0 Å². The molecule has 2 amide bonds. The van der Waals surface area contributed by atoms with Crippen LogP contribution in [0.15, 0.2) is 18.2 Å². The van der Waals surface area contributed by atoms with E-state index >= 15 is 0 Å². The maximum atomic E-state index is 13.4. The van der Waals surface area contributed by atoms with Crippen LogP contribution in [0, 0.1) is 12.7 Å². The molecule has 0 fully saturated rings. The summed E-state index contributed by atoms with van der Waals surface area (Å²) < 4.78 is 18.2. The number of halogens is 2. The van der Waals surface area contributed by atoms with Crippen molar-refractivity contribution in [1.29, 1.82) is 0 Å². The Morgan fingerprint density at radius 3 is 2.52 bits per heavy atom. The van der Waals surface area contributed by atoms with Gasteiger partial charge in [0.1, 0.15) is 5.82 Å². The number of benzene rings is 1. The van der Waals surface area contributed by atoms with Crippen LogP contribution < -0.4 is 16.0 Å². The van der Waals surface area contributed by atoms with E-state index < -0.39 is 5.82 Å². The van der Waals surface area contributed by atoms with Gasteiger partial charge < -0.3 is 20.7 Å². The molecule has 130 valence electrons. The molecule has 0 heterocycles. The van der Waals surface area contributed by atoms with E-state index in [1.807, 2.05) is 0 Å². The Bertz CT molecular complexity index is 515. The van der Waals surface area contributed by atoms with Crippen LogP contribution in [0.1, 0.15) is 15.9 Å². The van der Waals surface area contributed by atoms with Crippen LogP contribution in [0.5, 0.6) is 0 Å². The summed E-state index contributed by atoms with van der Waals surface area (Å²) in [4.78, 5) is 23.2. The molecule has 1 aromatic carbocycles. The highest BCUT2D eigenvalue weighted by Gasteiger charge is 2.07. The lowest BCUT2D eigenvalue weighted by atomic mass is 10.1. The minimum absolute atomic E-state index is 0. The zero-order valence-electron chi connectivity index (χ0n) is 13.3. The molecule has 0 radical (unpaired) electrons. The standard InChI is InChI=1S/C15H22FN3O3.ClH/c1-11-3-4-12(9-13(11)16)15(21)19-6-5-18-14(20)10-17-7-8-22-2;/h3-4,9,17H,5-8,10H2,1-2H3,(H,18,20)(H,19,21);1H. The molecule has 8 heteroatoms. The third kappa shape index (κ3) is 8.49. The Kier molecular flexibility index (Phi) is 10.9. The van der Waals surface area contributed by atoms with Gasteiger partial charge in [-0.1, -0.05) is 6.07 Å². The highest BCUT2D eigenvalue weighted by molar-refractivity contribution is 5.94. The quantitative estimate of drug-likeness (QED) is 0.573. The second-order valence-electron chi connectivity index (χ2n) is 4.74. The lowest BCUT2D eigenvalue weighted by molar-refractivity contribution is -0.120. The molecule has 0 spiro atoms. The van der Waals surface area contributed by atoms with Crippen molar-refractivity contribution in [2.24, 2.45) is 0 Å². The zero-order chi connectivity index (χ0) is 16.4. The van der Waals surface area contributed by atoms with E-state index in [4.69, 9.17) is 4.74 Å². The topological polar surface area (TPSA) is 79.5 Å². The fraction of sp³-hybridized carbons (Fsp3) is 0.467. The van der Waals surface area contributed by atoms with Gasteiger partial charge in [-0.2, -0.15) is 0 Å². The third-order valence-electron chi connectivity index (χ3n) is 2.94. The van der Waals surface area contributed by atoms with Crippen LogP contribution >= 0.6 is 12.4 Å². The van der Waals surface area contributed by atoms with E-state index in [0.29, 0.717) is 25.3 Å². The normalized spacial score (nSPS) is 9.87. The molecule has 0 saturated heterocycles. The number of methoxy groups -OCH3 is 1. The number of carbonyl (C=O) groups excluding carboxylic acids is 2. The van der Waals surface area contributed by atoms with Crippen LogP contribution in [0.4, 0.5) is 4.39 Å². The molecular formula is C15H23ClFN3O3. The number of amides is 2. The highest BCUT2D eigenvalue weighted by atomic mass is 35.5. The predicted octanol–water partition coefficient (Wildman–Crippen LogP) is 0.638. The summed E-state index contributed by atoms with van der Waals surface area (Å²) in [5, 5.41) is 8.18. The average molecular weight is 348 g/mol. The van der Waals surface area contributed by atoms with Crippen LogP contribution in [0.3, 0.4) is 0 Å². The number of carbonyl (C=O) groups is 2. The first-order valence-corrected chi connectivity index (χ1v) is 7.05. The first-order valence-electron chi connectivity index (χ1n) is 7.05. The molecule has 0 aromatic heterocycles. The van der Waals surface area contributed by atoms with E-state index in [1.165, 1.54) is 6.07 Å².